The quantitative estimate of drug-likeness (QED) is 0.789. The minimum Gasteiger partial charge on any atom is -0.212 e. The van der Waals surface area contributed by atoms with Gasteiger partial charge in [0.25, 0.3) is 0 Å². The Labute approximate surface area is 98.6 Å². The number of alkyl halides is 1. The molecule has 0 saturated heterocycles. The lowest BCUT2D eigenvalue weighted by molar-refractivity contribution is 0.560. The smallest absolute Gasteiger partial charge is 0.212 e. The summed E-state index contributed by atoms with van der Waals surface area (Å²) in [5.41, 5.74) is 0. The number of thioether (sulfide) groups is 1. The molecule has 0 spiro atoms. The molecular weight excluding hydrogens is 286 g/mol. The fourth-order valence-electron chi connectivity index (χ4n) is 1.74. The summed E-state index contributed by atoms with van der Waals surface area (Å²) in [6.07, 6.45) is 3.24. The van der Waals surface area contributed by atoms with Crippen LogP contribution >= 0.6 is 27.7 Å². The highest BCUT2D eigenvalue weighted by molar-refractivity contribution is 9.10. The maximum absolute atomic E-state index is 11.3. The van der Waals surface area contributed by atoms with Gasteiger partial charge in [0.2, 0.25) is 10.0 Å². The van der Waals surface area contributed by atoms with Crippen molar-refractivity contribution in [2.24, 2.45) is 0 Å². The van der Waals surface area contributed by atoms with Gasteiger partial charge >= 0.3 is 0 Å². The molecule has 0 aromatic carbocycles. The van der Waals surface area contributed by atoms with Crippen molar-refractivity contribution in [1.29, 1.82) is 0 Å². The van der Waals surface area contributed by atoms with Crippen LogP contribution in [0.4, 0.5) is 0 Å². The van der Waals surface area contributed by atoms with E-state index in [1.165, 1.54) is 0 Å². The standard InChI is InChI=1S/C8H16BrNO2S2/c1-2-13-8-5-3-4-7(8)10-14(11,12)6-9/h7-8,10H,2-6H2,1H3. The van der Waals surface area contributed by atoms with E-state index in [0.29, 0.717) is 5.25 Å². The zero-order valence-corrected chi connectivity index (χ0v) is 11.4. The highest BCUT2D eigenvalue weighted by Gasteiger charge is 2.29. The van der Waals surface area contributed by atoms with E-state index in [1.54, 1.807) is 0 Å². The maximum Gasteiger partial charge on any atom is 0.221 e. The van der Waals surface area contributed by atoms with Gasteiger partial charge in [0, 0.05) is 11.3 Å². The first kappa shape index (κ1) is 12.8. The molecule has 0 heterocycles. The molecule has 1 saturated carbocycles. The van der Waals surface area contributed by atoms with Gasteiger partial charge in [-0.05, 0) is 18.6 Å². The van der Waals surface area contributed by atoms with Crippen LogP contribution in [-0.4, -0.2) is 30.1 Å². The summed E-state index contributed by atoms with van der Waals surface area (Å²) >= 11 is 4.84. The van der Waals surface area contributed by atoms with Crippen molar-refractivity contribution in [3.63, 3.8) is 0 Å². The Balaban J connectivity index is 2.51. The van der Waals surface area contributed by atoms with Gasteiger partial charge in [-0.2, -0.15) is 11.8 Å². The Morgan fingerprint density at radius 3 is 2.79 bits per heavy atom. The molecule has 2 atom stereocenters. The third kappa shape index (κ3) is 3.72. The molecule has 84 valence electrons. The summed E-state index contributed by atoms with van der Waals surface area (Å²) in [5, 5.41) is 0.467. The van der Waals surface area contributed by atoms with Crippen LogP contribution in [0.1, 0.15) is 26.2 Å². The Hall–Kier alpha value is 0.740. The van der Waals surface area contributed by atoms with Gasteiger partial charge in [-0.1, -0.05) is 29.3 Å². The average molecular weight is 302 g/mol. The summed E-state index contributed by atoms with van der Waals surface area (Å²) in [4.78, 5) is 0. The molecule has 14 heavy (non-hydrogen) atoms. The first-order valence-corrected chi connectivity index (χ1v) is 8.59. The van der Waals surface area contributed by atoms with E-state index in [-0.39, 0.29) is 10.7 Å². The maximum atomic E-state index is 11.3. The summed E-state index contributed by atoms with van der Waals surface area (Å²) in [6.45, 7) is 2.11. The summed E-state index contributed by atoms with van der Waals surface area (Å²) < 4.78 is 25.4. The monoisotopic (exact) mass is 301 g/mol. The minimum absolute atomic E-state index is 0.0000116. The first-order chi connectivity index (χ1) is 6.59. The topological polar surface area (TPSA) is 46.2 Å². The molecule has 6 heteroatoms. The lowest BCUT2D eigenvalue weighted by atomic mass is 10.3. The molecule has 0 radical (unpaired) electrons. The van der Waals surface area contributed by atoms with E-state index in [4.69, 9.17) is 0 Å². The van der Waals surface area contributed by atoms with Crippen LogP contribution in [0.5, 0.6) is 0 Å². The SMILES string of the molecule is CCSC1CCCC1NS(=O)(=O)CBr. The average Bonchev–Trinajstić information content (AvgIpc) is 2.53. The zero-order chi connectivity index (χ0) is 10.6. The molecule has 1 rings (SSSR count). The predicted molar refractivity (Wildman–Crippen MR) is 65.4 cm³/mol. The van der Waals surface area contributed by atoms with E-state index in [9.17, 15) is 8.42 Å². The zero-order valence-electron chi connectivity index (χ0n) is 8.20. The molecule has 0 amide bonds. The van der Waals surface area contributed by atoms with Gasteiger partial charge in [0.05, 0.1) is 0 Å². The Bertz CT molecular complexity index is 269. The molecule has 1 aliphatic rings. The lowest BCUT2D eigenvalue weighted by Crippen LogP contribution is -2.39. The van der Waals surface area contributed by atoms with Gasteiger partial charge in [-0.15, -0.1) is 0 Å². The van der Waals surface area contributed by atoms with Crippen LogP contribution in [0.15, 0.2) is 0 Å². The third-order valence-corrected chi connectivity index (χ3v) is 6.39. The van der Waals surface area contributed by atoms with Crippen molar-refractivity contribution in [3.8, 4) is 0 Å². The minimum atomic E-state index is -3.10. The fourth-order valence-corrected chi connectivity index (χ4v) is 4.22. The molecule has 0 bridgehead atoms. The summed E-state index contributed by atoms with van der Waals surface area (Å²) in [5.74, 6) is 1.05. The second-order valence-electron chi connectivity index (χ2n) is 3.37. The second-order valence-corrected chi connectivity index (χ2v) is 7.95. The molecule has 1 aliphatic carbocycles. The van der Waals surface area contributed by atoms with Crippen LogP contribution in [0, 0.1) is 0 Å². The van der Waals surface area contributed by atoms with Gasteiger partial charge in [0.15, 0.2) is 0 Å². The first-order valence-electron chi connectivity index (χ1n) is 4.76. The third-order valence-electron chi connectivity index (χ3n) is 2.31. The second kappa shape index (κ2) is 5.72. The summed E-state index contributed by atoms with van der Waals surface area (Å²) in [6, 6.07) is 0.141. The van der Waals surface area contributed by atoms with Crippen LogP contribution < -0.4 is 4.72 Å². The largest absolute Gasteiger partial charge is 0.221 e. The van der Waals surface area contributed by atoms with Crippen LogP contribution in [0.25, 0.3) is 0 Å². The van der Waals surface area contributed by atoms with Gasteiger partial charge in [-0.3, -0.25) is 0 Å². The molecule has 0 aromatic rings. The Morgan fingerprint density at radius 1 is 1.50 bits per heavy atom. The number of halogens is 1. The lowest BCUT2D eigenvalue weighted by Gasteiger charge is -2.19. The van der Waals surface area contributed by atoms with Crippen molar-refractivity contribution < 1.29 is 8.42 Å². The predicted octanol–water partition coefficient (Wildman–Crippen LogP) is 1.93. The highest BCUT2D eigenvalue weighted by atomic mass is 79.9. The number of sulfonamides is 1. The van der Waals surface area contributed by atoms with Crippen molar-refractivity contribution in [2.75, 3.05) is 10.4 Å². The van der Waals surface area contributed by atoms with Crippen LogP contribution in [-0.2, 0) is 10.0 Å². The molecule has 1 N–H and O–H groups in total. The number of hydrogen-bond donors (Lipinski definition) is 1. The van der Waals surface area contributed by atoms with Crippen molar-refractivity contribution in [3.05, 3.63) is 0 Å². The molecule has 1 fully saturated rings. The van der Waals surface area contributed by atoms with Crippen LogP contribution in [0.2, 0.25) is 0 Å². The molecule has 0 aliphatic heterocycles. The molecule has 0 aromatic heterocycles. The van der Waals surface area contributed by atoms with E-state index in [0.717, 1.165) is 25.0 Å². The van der Waals surface area contributed by atoms with E-state index in [1.807, 2.05) is 11.8 Å². The van der Waals surface area contributed by atoms with Crippen molar-refractivity contribution in [1.82, 2.24) is 4.72 Å². The molecule has 2 unspecified atom stereocenters. The number of hydrogen-bond acceptors (Lipinski definition) is 3. The van der Waals surface area contributed by atoms with Crippen molar-refractivity contribution in [2.45, 2.75) is 37.5 Å². The molecule has 3 nitrogen and oxygen atoms in total. The normalized spacial score (nSPS) is 28.1. The van der Waals surface area contributed by atoms with Crippen LogP contribution in [0.3, 0.4) is 0 Å². The fraction of sp³-hybridized carbons (Fsp3) is 1.00. The molecular formula is C8H16BrNO2S2. The number of nitrogens with one attached hydrogen (secondary N) is 1. The van der Waals surface area contributed by atoms with E-state index < -0.39 is 10.0 Å². The Kier molecular flexibility index (Phi) is 5.24. The van der Waals surface area contributed by atoms with E-state index >= 15 is 0 Å². The van der Waals surface area contributed by atoms with Crippen molar-refractivity contribution >= 4 is 37.7 Å². The number of rotatable bonds is 5. The van der Waals surface area contributed by atoms with E-state index in [2.05, 4.69) is 27.6 Å². The Morgan fingerprint density at radius 2 is 2.21 bits per heavy atom. The van der Waals surface area contributed by atoms with Gasteiger partial charge in [0.1, 0.15) is 4.66 Å². The highest BCUT2D eigenvalue weighted by Crippen LogP contribution is 2.30. The summed E-state index contributed by atoms with van der Waals surface area (Å²) in [7, 11) is -3.10. The van der Waals surface area contributed by atoms with Gasteiger partial charge in [-0.25, -0.2) is 13.1 Å². The van der Waals surface area contributed by atoms with Gasteiger partial charge < -0.3 is 0 Å².